The van der Waals surface area contributed by atoms with Gasteiger partial charge in [-0.25, -0.2) is 4.79 Å². The maximum Gasteiger partial charge on any atom is 0.338 e. The van der Waals surface area contributed by atoms with Crippen LogP contribution in [-0.2, 0) is 16.1 Å². The van der Waals surface area contributed by atoms with E-state index in [4.69, 9.17) is 4.74 Å². The lowest BCUT2D eigenvalue weighted by Gasteiger charge is -2.22. The summed E-state index contributed by atoms with van der Waals surface area (Å²) in [4.78, 5) is 37.8. The number of aromatic hydroxyl groups is 4. The zero-order valence-corrected chi connectivity index (χ0v) is 20.5. The Morgan fingerprint density at radius 1 is 0.895 bits per heavy atom. The van der Waals surface area contributed by atoms with Gasteiger partial charge in [0.05, 0.1) is 37.0 Å². The molecule has 1 aliphatic carbocycles. The van der Waals surface area contributed by atoms with Crippen molar-refractivity contribution in [1.29, 1.82) is 0 Å². The summed E-state index contributed by atoms with van der Waals surface area (Å²) >= 11 is 0. The van der Waals surface area contributed by atoms with Gasteiger partial charge in [-0.15, -0.1) is 0 Å². The molecule has 10 heteroatoms. The number of hydrogen-bond acceptors (Lipinski definition) is 9. The standard InChI is InChI=1S/C28H27NO9/c1-37-28(36)18-4-2-6-20(31)24(18)26(34)25-21(32)12-15(13-22(25)33)14-38-23-7-3-5-19(23)29-27(35)16-8-10-17(30)11-9-16/h2,4,6,8-13,19,23,30-33H,3,5,7,14H2,1H3,(H,29,35). The van der Waals surface area contributed by atoms with E-state index in [1.807, 2.05) is 0 Å². The molecule has 3 aromatic rings. The van der Waals surface area contributed by atoms with Crippen LogP contribution >= 0.6 is 0 Å². The van der Waals surface area contributed by atoms with Crippen molar-refractivity contribution < 1.29 is 44.3 Å². The summed E-state index contributed by atoms with van der Waals surface area (Å²) in [7, 11) is 1.12. The van der Waals surface area contributed by atoms with E-state index in [0.717, 1.165) is 13.5 Å². The largest absolute Gasteiger partial charge is 0.508 e. The predicted molar refractivity (Wildman–Crippen MR) is 134 cm³/mol. The molecular weight excluding hydrogens is 494 g/mol. The number of rotatable bonds is 8. The van der Waals surface area contributed by atoms with Gasteiger partial charge in [0.2, 0.25) is 5.78 Å². The van der Waals surface area contributed by atoms with Crippen LogP contribution in [0.3, 0.4) is 0 Å². The highest BCUT2D eigenvalue weighted by Crippen LogP contribution is 2.35. The molecule has 38 heavy (non-hydrogen) atoms. The predicted octanol–water partition coefficient (Wildman–Crippen LogP) is 3.39. The minimum Gasteiger partial charge on any atom is -0.508 e. The lowest BCUT2D eigenvalue weighted by molar-refractivity contribution is 0.0270. The van der Waals surface area contributed by atoms with Crippen LogP contribution in [0, 0.1) is 0 Å². The Bertz CT molecular complexity index is 1340. The Morgan fingerprint density at radius 2 is 1.58 bits per heavy atom. The molecule has 0 aromatic heterocycles. The van der Waals surface area contributed by atoms with Crippen LogP contribution in [0.2, 0.25) is 0 Å². The van der Waals surface area contributed by atoms with Crippen LogP contribution in [0.4, 0.5) is 0 Å². The van der Waals surface area contributed by atoms with Gasteiger partial charge in [-0.05, 0) is 73.4 Å². The quantitative estimate of drug-likeness (QED) is 0.221. The van der Waals surface area contributed by atoms with E-state index in [2.05, 4.69) is 10.1 Å². The second kappa shape index (κ2) is 11.2. The number of phenols is 4. The molecular formula is C28H27NO9. The second-order valence-electron chi connectivity index (χ2n) is 8.94. The number of nitrogens with one attached hydrogen (secondary N) is 1. The average molecular weight is 522 g/mol. The van der Waals surface area contributed by atoms with Crippen LogP contribution in [0.15, 0.2) is 54.6 Å². The van der Waals surface area contributed by atoms with Gasteiger partial charge in [0.15, 0.2) is 0 Å². The second-order valence-corrected chi connectivity index (χ2v) is 8.94. The molecule has 5 N–H and O–H groups in total. The van der Waals surface area contributed by atoms with Crippen molar-refractivity contribution in [3.63, 3.8) is 0 Å². The molecule has 3 aromatic carbocycles. The Hall–Kier alpha value is -4.57. The summed E-state index contributed by atoms with van der Waals surface area (Å²) in [5.74, 6) is -3.68. The summed E-state index contributed by atoms with van der Waals surface area (Å²) in [6.07, 6.45) is 1.92. The molecule has 0 spiro atoms. The molecule has 1 aliphatic rings. The minimum atomic E-state index is -0.959. The van der Waals surface area contributed by atoms with Crippen molar-refractivity contribution in [2.24, 2.45) is 0 Å². The van der Waals surface area contributed by atoms with Crippen molar-refractivity contribution >= 4 is 17.7 Å². The monoisotopic (exact) mass is 521 g/mol. The smallest absolute Gasteiger partial charge is 0.338 e. The highest BCUT2D eigenvalue weighted by Gasteiger charge is 2.31. The van der Waals surface area contributed by atoms with E-state index in [9.17, 15) is 34.8 Å². The van der Waals surface area contributed by atoms with Gasteiger partial charge in [0, 0.05) is 5.56 Å². The number of benzene rings is 3. The molecule has 1 fully saturated rings. The lowest BCUT2D eigenvalue weighted by atomic mass is 9.95. The van der Waals surface area contributed by atoms with Gasteiger partial charge in [-0.2, -0.15) is 0 Å². The summed E-state index contributed by atoms with van der Waals surface area (Å²) < 4.78 is 10.6. The first kappa shape index (κ1) is 26.5. The number of carbonyl (C=O) groups excluding carboxylic acids is 3. The molecule has 4 rings (SSSR count). The Morgan fingerprint density at radius 3 is 2.24 bits per heavy atom. The molecule has 2 unspecified atom stereocenters. The Labute approximate surface area is 218 Å². The molecule has 0 heterocycles. The topological polar surface area (TPSA) is 163 Å². The lowest BCUT2D eigenvalue weighted by Crippen LogP contribution is -2.41. The number of phenolic OH excluding ortho intramolecular Hbond substituents is 4. The van der Waals surface area contributed by atoms with E-state index in [-0.39, 0.29) is 36.0 Å². The summed E-state index contributed by atoms with van der Waals surface area (Å²) in [5, 5.41) is 43.7. The van der Waals surface area contributed by atoms with Crippen LogP contribution in [-0.4, -0.2) is 57.3 Å². The SMILES string of the molecule is COC(=O)c1cccc(O)c1C(=O)c1c(O)cc(COC2CCCC2NC(=O)c2ccc(O)cc2)cc1O. The third-order valence-electron chi connectivity index (χ3n) is 6.42. The fourth-order valence-corrected chi connectivity index (χ4v) is 4.53. The molecule has 1 amide bonds. The number of esters is 1. The zero-order valence-electron chi connectivity index (χ0n) is 20.5. The van der Waals surface area contributed by atoms with Crippen molar-refractivity contribution in [3.8, 4) is 23.0 Å². The molecule has 0 radical (unpaired) electrons. The van der Waals surface area contributed by atoms with Crippen LogP contribution < -0.4 is 5.32 Å². The Kier molecular flexibility index (Phi) is 7.82. The highest BCUT2D eigenvalue weighted by molar-refractivity contribution is 6.18. The molecule has 0 aliphatic heterocycles. The number of ether oxygens (including phenoxy) is 2. The first-order valence-corrected chi connectivity index (χ1v) is 11.9. The summed E-state index contributed by atoms with van der Waals surface area (Å²) in [6.45, 7) is -0.0180. The third kappa shape index (κ3) is 5.55. The van der Waals surface area contributed by atoms with Crippen LogP contribution in [0.25, 0.3) is 0 Å². The van der Waals surface area contributed by atoms with E-state index in [0.29, 0.717) is 24.0 Å². The van der Waals surface area contributed by atoms with Gasteiger partial charge in [-0.1, -0.05) is 6.07 Å². The van der Waals surface area contributed by atoms with Crippen molar-refractivity contribution in [3.05, 3.63) is 82.4 Å². The van der Waals surface area contributed by atoms with Gasteiger partial charge < -0.3 is 35.2 Å². The molecule has 0 saturated heterocycles. The first-order valence-electron chi connectivity index (χ1n) is 11.9. The van der Waals surface area contributed by atoms with Crippen molar-refractivity contribution in [2.45, 2.75) is 38.0 Å². The van der Waals surface area contributed by atoms with Crippen molar-refractivity contribution in [1.82, 2.24) is 5.32 Å². The van der Waals surface area contributed by atoms with Gasteiger partial charge in [-0.3, -0.25) is 9.59 Å². The normalized spacial score (nSPS) is 16.7. The molecule has 10 nitrogen and oxygen atoms in total. The fourth-order valence-electron chi connectivity index (χ4n) is 4.53. The summed E-state index contributed by atoms with van der Waals surface area (Å²) in [5.41, 5.74) is -0.335. The maximum atomic E-state index is 13.1. The molecule has 0 bridgehead atoms. The third-order valence-corrected chi connectivity index (χ3v) is 6.42. The van der Waals surface area contributed by atoms with Gasteiger partial charge in [0.25, 0.3) is 5.91 Å². The van der Waals surface area contributed by atoms with Crippen LogP contribution in [0.1, 0.15) is 61.5 Å². The number of carbonyl (C=O) groups is 3. The average Bonchev–Trinajstić information content (AvgIpc) is 3.33. The number of ketones is 1. The fraction of sp³-hybridized carbons (Fsp3) is 0.250. The van der Waals surface area contributed by atoms with E-state index in [1.165, 1.54) is 54.6 Å². The Balaban J connectivity index is 1.47. The number of amides is 1. The molecule has 198 valence electrons. The zero-order chi connectivity index (χ0) is 27.4. The van der Waals surface area contributed by atoms with E-state index >= 15 is 0 Å². The van der Waals surface area contributed by atoms with E-state index < -0.39 is 40.1 Å². The first-order chi connectivity index (χ1) is 18.2. The highest BCUT2D eigenvalue weighted by atomic mass is 16.5. The minimum absolute atomic E-state index is 0.0180. The number of hydrogen-bond donors (Lipinski definition) is 5. The van der Waals surface area contributed by atoms with Crippen LogP contribution in [0.5, 0.6) is 23.0 Å². The molecule has 2 atom stereocenters. The van der Waals surface area contributed by atoms with Crippen molar-refractivity contribution in [2.75, 3.05) is 7.11 Å². The van der Waals surface area contributed by atoms with E-state index in [1.54, 1.807) is 0 Å². The van der Waals surface area contributed by atoms with Gasteiger partial charge >= 0.3 is 5.97 Å². The molecule has 1 saturated carbocycles. The van der Waals surface area contributed by atoms with Gasteiger partial charge in [0.1, 0.15) is 28.6 Å². The maximum absolute atomic E-state index is 13.1. The number of methoxy groups -OCH3 is 1. The summed E-state index contributed by atoms with van der Waals surface area (Å²) in [6, 6.07) is 12.0.